The third-order valence-electron chi connectivity index (χ3n) is 4.38. The van der Waals surface area contributed by atoms with Gasteiger partial charge in [-0.15, -0.1) is 0 Å². The number of aromatic hydroxyl groups is 1. The molecule has 0 saturated carbocycles. The van der Waals surface area contributed by atoms with Crippen molar-refractivity contribution < 1.29 is 14.8 Å². The maximum absolute atomic E-state index is 11.8. The average Bonchev–Trinajstić information content (AvgIpc) is 2.56. The van der Waals surface area contributed by atoms with E-state index < -0.39 is 0 Å². The molecule has 3 N–H and O–H groups in total. The first-order valence-corrected chi connectivity index (χ1v) is 8.22. The van der Waals surface area contributed by atoms with Crippen LogP contribution in [0.25, 0.3) is 11.0 Å². The molecule has 3 rings (SSSR count). The highest BCUT2D eigenvalue weighted by Gasteiger charge is 2.14. The summed E-state index contributed by atoms with van der Waals surface area (Å²) in [6.45, 7) is 4.93. The number of phenols is 1. The number of hydrogen-bond acceptors (Lipinski definition) is 3. The molecule has 4 heteroatoms. The van der Waals surface area contributed by atoms with E-state index in [0.29, 0.717) is 18.2 Å². The fourth-order valence-electron chi connectivity index (χ4n) is 3.01. The van der Waals surface area contributed by atoms with Gasteiger partial charge in [-0.25, -0.2) is 4.79 Å². The number of rotatable bonds is 5. The molecule has 0 aliphatic rings. The SMILES string of the molecule is CC[C@H]([NH2+]Cc1cc(=O)oc2cc(O)ccc12)c1ccc(C)cc1. The Hall–Kier alpha value is -2.59. The van der Waals surface area contributed by atoms with Gasteiger partial charge in [0.1, 0.15) is 23.9 Å². The van der Waals surface area contributed by atoms with E-state index in [2.05, 4.69) is 43.4 Å². The molecule has 1 heterocycles. The number of fused-ring (bicyclic) bond motifs is 1. The topological polar surface area (TPSA) is 67.0 Å². The van der Waals surface area contributed by atoms with Gasteiger partial charge in [0.2, 0.25) is 0 Å². The summed E-state index contributed by atoms with van der Waals surface area (Å²) in [5, 5.41) is 12.7. The first-order chi connectivity index (χ1) is 11.6. The highest BCUT2D eigenvalue weighted by molar-refractivity contribution is 5.81. The van der Waals surface area contributed by atoms with Crippen molar-refractivity contribution in [3.63, 3.8) is 0 Å². The van der Waals surface area contributed by atoms with Gasteiger partial charge >= 0.3 is 5.63 Å². The fourth-order valence-corrected chi connectivity index (χ4v) is 3.01. The lowest BCUT2D eigenvalue weighted by Crippen LogP contribution is -2.83. The predicted molar refractivity (Wildman–Crippen MR) is 94.0 cm³/mol. The highest BCUT2D eigenvalue weighted by atomic mass is 16.4. The Kier molecular flexibility index (Phi) is 4.67. The molecule has 1 atom stereocenters. The summed E-state index contributed by atoms with van der Waals surface area (Å²) in [5.74, 6) is 0.0952. The molecule has 0 unspecified atom stereocenters. The van der Waals surface area contributed by atoms with Gasteiger partial charge in [-0.05, 0) is 19.1 Å². The molecule has 0 aliphatic carbocycles. The summed E-state index contributed by atoms with van der Waals surface area (Å²) >= 11 is 0. The summed E-state index contributed by atoms with van der Waals surface area (Å²) in [7, 11) is 0. The Labute approximate surface area is 140 Å². The maximum atomic E-state index is 11.8. The minimum absolute atomic E-state index is 0.0952. The van der Waals surface area contributed by atoms with Crippen LogP contribution in [0.15, 0.2) is 57.7 Å². The zero-order chi connectivity index (χ0) is 17.1. The molecule has 4 nitrogen and oxygen atoms in total. The molecular formula is C20H22NO3+. The molecule has 124 valence electrons. The molecule has 0 fully saturated rings. The number of aryl methyl sites for hydroxylation is 1. The Balaban J connectivity index is 1.86. The van der Waals surface area contributed by atoms with E-state index in [1.165, 1.54) is 23.3 Å². The molecule has 0 saturated heterocycles. The van der Waals surface area contributed by atoms with Gasteiger partial charge < -0.3 is 14.8 Å². The van der Waals surface area contributed by atoms with Gasteiger partial charge in [0.25, 0.3) is 0 Å². The number of phenolic OH excluding ortho intramolecular Hbond substituents is 1. The Bertz CT molecular complexity index is 897. The molecule has 0 spiro atoms. The van der Waals surface area contributed by atoms with Gasteiger partial charge in [0, 0.05) is 35.1 Å². The normalized spacial score (nSPS) is 12.4. The maximum Gasteiger partial charge on any atom is 0.336 e. The van der Waals surface area contributed by atoms with Gasteiger partial charge in [-0.3, -0.25) is 0 Å². The summed E-state index contributed by atoms with van der Waals surface area (Å²) in [4.78, 5) is 11.8. The van der Waals surface area contributed by atoms with Crippen LogP contribution in [0.3, 0.4) is 0 Å². The highest BCUT2D eigenvalue weighted by Crippen LogP contribution is 2.21. The summed E-state index contributed by atoms with van der Waals surface area (Å²) in [6, 6.07) is 15.3. The molecule has 24 heavy (non-hydrogen) atoms. The van der Waals surface area contributed by atoms with E-state index in [-0.39, 0.29) is 11.4 Å². The zero-order valence-corrected chi connectivity index (χ0v) is 14.0. The van der Waals surface area contributed by atoms with Crippen molar-refractivity contribution in [1.29, 1.82) is 0 Å². The smallest absolute Gasteiger partial charge is 0.336 e. The molecule has 0 amide bonds. The number of hydrogen-bond donors (Lipinski definition) is 2. The van der Waals surface area contributed by atoms with E-state index >= 15 is 0 Å². The standard InChI is InChI=1S/C20H21NO3/c1-3-18(14-6-4-13(2)5-7-14)21-12-15-10-20(23)24-19-11-16(22)8-9-17(15)19/h4-11,18,21-22H,3,12H2,1-2H3/p+1/t18-/m0/s1. The molecule has 3 aromatic rings. The van der Waals surface area contributed by atoms with Crippen LogP contribution >= 0.6 is 0 Å². The van der Waals surface area contributed by atoms with Gasteiger partial charge in [-0.2, -0.15) is 0 Å². The largest absolute Gasteiger partial charge is 0.508 e. The van der Waals surface area contributed by atoms with Crippen molar-refractivity contribution in [2.75, 3.05) is 0 Å². The van der Waals surface area contributed by atoms with Crippen molar-refractivity contribution in [3.05, 3.63) is 75.6 Å². The minimum Gasteiger partial charge on any atom is -0.508 e. The molecule has 0 bridgehead atoms. The lowest BCUT2D eigenvalue weighted by atomic mass is 10.0. The van der Waals surface area contributed by atoms with Crippen LogP contribution in [-0.4, -0.2) is 5.11 Å². The predicted octanol–water partition coefficient (Wildman–Crippen LogP) is 3.02. The van der Waals surface area contributed by atoms with Crippen LogP contribution in [0, 0.1) is 6.92 Å². The van der Waals surface area contributed by atoms with Crippen molar-refractivity contribution in [2.24, 2.45) is 0 Å². The van der Waals surface area contributed by atoms with Gasteiger partial charge in [0.15, 0.2) is 0 Å². The lowest BCUT2D eigenvalue weighted by Gasteiger charge is -2.15. The third-order valence-corrected chi connectivity index (χ3v) is 4.38. The number of benzene rings is 2. The van der Waals surface area contributed by atoms with Crippen LogP contribution < -0.4 is 10.9 Å². The first kappa shape index (κ1) is 16.3. The Morgan fingerprint density at radius 2 is 1.88 bits per heavy atom. The fraction of sp³-hybridized carbons (Fsp3) is 0.250. The molecule has 2 aromatic carbocycles. The van der Waals surface area contributed by atoms with Crippen molar-refractivity contribution in [3.8, 4) is 5.75 Å². The molecule has 1 aromatic heterocycles. The molecule has 0 aliphatic heterocycles. The van der Waals surface area contributed by atoms with Crippen molar-refractivity contribution >= 4 is 11.0 Å². The van der Waals surface area contributed by atoms with E-state index in [4.69, 9.17) is 4.42 Å². The van der Waals surface area contributed by atoms with Crippen molar-refractivity contribution in [2.45, 2.75) is 32.9 Å². The van der Waals surface area contributed by atoms with E-state index in [0.717, 1.165) is 17.4 Å². The third kappa shape index (κ3) is 3.49. The monoisotopic (exact) mass is 324 g/mol. The second kappa shape index (κ2) is 6.89. The van der Waals surface area contributed by atoms with Crippen LogP contribution in [0.1, 0.15) is 36.1 Å². The summed E-state index contributed by atoms with van der Waals surface area (Å²) in [5.41, 5.74) is 3.49. The zero-order valence-electron chi connectivity index (χ0n) is 14.0. The van der Waals surface area contributed by atoms with Gasteiger partial charge in [0.05, 0.1) is 0 Å². The number of quaternary nitrogens is 1. The van der Waals surface area contributed by atoms with Crippen LogP contribution in [0.5, 0.6) is 5.75 Å². The lowest BCUT2D eigenvalue weighted by molar-refractivity contribution is -0.711. The minimum atomic E-state index is -0.389. The molecule has 0 radical (unpaired) electrons. The van der Waals surface area contributed by atoms with E-state index in [1.54, 1.807) is 12.1 Å². The molecular weight excluding hydrogens is 302 g/mol. The number of nitrogens with two attached hydrogens (primary N) is 1. The Morgan fingerprint density at radius 1 is 1.12 bits per heavy atom. The van der Waals surface area contributed by atoms with Crippen molar-refractivity contribution in [1.82, 2.24) is 0 Å². The second-order valence-electron chi connectivity index (χ2n) is 6.14. The van der Waals surface area contributed by atoms with E-state index in [1.807, 2.05) is 0 Å². The second-order valence-corrected chi connectivity index (χ2v) is 6.14. The van der Waals surface area contributed by atoms with Crippen LogP contribution in [0.2, 0.25) is 0 Å². The quantitative estimate of drug-likeness (QED) is 0.709. The van der Waals surface area contributed by atoms with Crippen LogP contribution in [-0.2, 0) is 6.54 Å². The first-order valence-electron chi connectivity index (χ1n) is 8.22. The Morgan fingerprint density at radius 3 is 2.58 bits per heavy atom. The van der Waals surface area contributed by atoms with E-state index in [9.17, 15) is 9.90 Å². The van der Waals surface area contributed by atoms with Crippen LogP contribution in [0.4, 0.5) is 0 Å². The van der Waals surface area contributed by atoms with Gasteiger partial charge in [-0.1, -0.05) is 36.8 Å². The average molecular weight is 324 g/mol. The summed E-state index contributed by atoms with van der Waals surface area (Å²) < 4.78 is 5.18. The summed E-state index contributed by atoms with van der Waals surface area (Å²) in [6.07, 6.45) is 1.00.